The molecule has 3 nitrogen and oxygen atoms in total. The van der Waals surface area contributed by atoms with Gasteiger partial charge >= 0.3 is 0 Å². The molecule has 3 rings (SSSR count). The summed E-state index contributed by atoms with van der Waals surface area (Å²) in [5.41, 5.74) is 3.53. The summed E-state index contributed by atoms with van der Waals surface area (Å²) >= 11 is 0. The Balaban J connectivity index is 2.32. The van der Waals surface area contributed by atoms with Crippen LogP contribution in [0.1, 0.15) is 12.0 Å². The molecule has 0 aliphatic rings. The maximum atomic E-state index is 12.9. The molecule has 0 bridgehead atoms. The van der Waals surface area contributed by atoms with Gasteiger partial charge < -0.3 is 0 Å². The van der Waals surface area contributed by atoms with Crippen LogP contribution in [0.25, 0.3) is 22.2 Å². The second-order valence-corrected chi connectivity index (χ2v) is 5.32. The molecule has 0 N–H and O–H groups in total. The zero-order chi connectivity index (χ0) is 15.5. The van der Waals surface area contributed by atoms with Crippen LogP contribution in [0.15, 0.2) is 66.1 Å². The second-order valence-electron chi connectivity index (χ2n) is 5.32. The fourth-order valence-corrected chi connectivity index (χ4v) is 2.70. The molecule has 0 aliphatic carbocycles. The molecule has 0 fully saturated rings. The fourth-order valence-electron chi connectivity index (χ4n) is 2.70. The SMILES string of the molecule is C=CCCn1c(=O)c(-c2ccccc2C)cc2cccnc21. The van der Waals surface area contributed by atoms with Gasteiger partial charge in [-0.15, -0.1) is 6.58 Å². The van der Waals surface area contributed by atoms with E-state index in [1.54, 1.807) is 10.8 Å². The van der Waals surface area contributed by atoms with E-state index in [0.29, 0.717) is 6.54 Å². The third-order valence-corrected chi connectivity index (χ3v) is 3.84. The van der Waals surface area contributed by atoms with Gasteiger partial charge in [-0.2, -0.15) is 0 Å². The minimum Gasteiger partial charge on any atom is -0.292 e. The van der Waals surface area contributed by atoms with Crippen LogP contribution in [0.5, 0.6) is 0 Å². The third kappa shape index (κ3) is 2.46. The highest BCUT2D eigenvalue weighted by Gasteiger charge is 2.12. The molecule has 3 aromatic rings. The molecule has 2 heterocycles. The Morgan fingerprint density at radius 2 is 2.00 bits per heavy atom. The first-order valence-corrected chi connectivity index (χ1v) is 7.38. The normalized spacial score (nSPS) is 10.8. The lowest BCUT2D eigenvalue weighted by Gasteiger charge is -2.12. The molecule has 0 amide bonds. The summed E-state index contributed by atoms with van der Waals surface area (Å²) in [4.78, 5) is 17.3. The highest BCUT2D eigenvalue weighted by molar-refractivity contribution is 5.82. The van der Waals surface area contributed by atoms with Crippen LogP contribution in [0, 0.1) is 6.92 Å². The largest absolute Gasteiger partial charge is 0.292 e. The summed E-state index contributed by atoms with van der Waals surface area (Å²) in [6.45, 7) is 6.36. The predicted molar refractivity (Wildman–Crippen MR) is 91.0 cm³/mol. The van der Waals surface area contributed by atoms with E-state index in [1.807, 2.05) is 55.5 Å². The molecular weight excluding hydrogens is 272 g/mol. The summed E-state index contributed by atoms with van der Waals surface area (Å²) in [5.74, 6) is 0. The van der Waals surface area contributed by atoms with E-state index in [1.165, 1.54) is 0 Å². The number of aryl methyl sites for hydroxylation is 2. The number of aromatic nitrogens is 2. The highest BCUT2D eigenvalue weighted by atomic mass is 16.1. The zero-order valence-corrected chi connectivity index (χ0v) is 12.6. The lowest BCUT2D eigenvalue weighted by Crippen LogP contribution is -2.23. The predicted octanol–water partition coefficient (Wildman–Crippen LogP) is 3.95. The molecule has 0 saturated heterocycles. The van der Waals surface area contributed by atoms with E-state index in [2.05, 4.69) is 11.6 Å². The maximum Gasteiger partial charge on any atom is 0.260 e. The Hall–Kier alpha value is -2.68. The summed E-state index contributed by atoms with van der Waals surface area (Å²) in [6, 6.07) is 13.8. The van der Waals surface area contributed by atoms with Crippen molar-refractivity contribution in [2.75, 3.05) is 0 Å². The number of rotatable bonds is 4. The van der Waals surface area contributed by atoms with Crippen molar-refractivity contribution in [1.29, 1.82) is 0 Å². The Kier molecular flexibility index (Phi) is 3.88. The number of benzene rings is 1. The zero-order valence-electron chi connectivity index (χ0n) is 12.6. The van der Waals surface area contributed by atoms with Gasteiger partial charge in [0.1, 0.15) is 5.65 Å². The van der Waals surface area contributed by atoms with Gasteiger partial charge in [0.05, 0.1) is 0 Å². The van der Waals surface area contributed by atoms with Gasteiger partial charge in [0.25, 0.3) is 5.56 Å². The van der Waals surface area contributed by atoms with Crippen LogP contribution in [-0.2, 0) is 6.54 Å². The molecule has 1 aromatic carbocycles. The summed E-state index contributed by atoms with van der Waals surface area (Å²) < 4.78 is 1.75. The minimum absolute atomic E-state index is 0.00218. The van der Waals surface area contributed by atoms with Gasteiger partial charge in [-0.3, -0.25) is 9.36 Å². The molecule has 2 aromatic heterocycles. The highest BCUT2D eigenvalue weighted by Crippen LogP contribution is 2.23. The molecular formula is C19H18N2O. The monoisotopic (exact) mass is 290 g/mol. The van der Waals surface area contributed by atoms with Crippen LogP contribution in [-0.4, -0.2) is 9.55 Å². The molecule has 22 heavy (non-hydrogen) atoms. The molecule has 3 heteroatoms. The maximum absolute atomic E-state index is 12.9. The van der Waals surface area contributed by atoms with E-state index in [0.717, 1.165) is 34.1 Å². The average Bonchev–Trinajstić information content (AvgIpc) is 2.54. The van der Waals surface area contributed by atoms with Crippen molar-refractivity contribution in [1.82, 2.24) is 9.55 Å². The lowest BCUT2D eigenvalue weighted by molar-refractivity contribution is 0.703. The molecule has 0 unspecified atom stereocenters. The molecule has 0 aliphatic heterocycles. The first-order valence-electron chi connectivity index (χ1n) is 7.38. The van der Waals surface area contributed by atoms with Crippen molar-refractivity contribution in [3.8, 4) is 11.1 Å². The Labute approximate surface area is 129 Å². The van der Waals surface area contributed by atoms with Crippen molar-refractivity contribution in [3.63, 3.8) is 0 Å². The molecule has 0 saturated carbocycles. The van der Waals surface area contributed by atoms with Crippen LogP contribution >= 0.6 is 0 Å². The Bertz CT molecular complexity index is 893. The van der Waals surface area contributed by atoms with E-state index >= 15 is 0 Å². The molecule has 0 spiro atoms. The first kappa shape index (κ1) is 14.3. The number of nitrogens with zero attached hydrogens (tertiary/aromatic N) is 2. The van der Waals surface area contributed by atoms with E-state index in [-0.39, 0.29) is 5.56 Å². The smallest absolute Gasteiger partial charge is 0.260 e. The lowest BCUT2D eigenvalue weighted by atomic mass is 10.0. The topological polar surface area (TPSA) is 34.9 Å². The van der Waals surface area contributed by atoms with Gasteiger partial charge in [0.2, 0.25) is 0 Å². The van der Waals surface area contributed by atoms with Gasteiger partial charge in [-0.05, 0) is 42.7 Å². The van der Waals surface area contributed by atoms with E-state index < -0.39 is 0 Å². The van der Waals surface area contributed by atoms with Crippen molar-refractivity contribution in [2.24, 2.45) is 0 Å². The van der Waals surface area contributed by atoms with E-state index in [4.69, 9.17) is 0 Å². The molecule has 0 atom stereocenters. The number of hydrogen-bond donors (Lipinski definition) is 0. The van der Waals surface area contributed by atoms with Crippen molar-refractivity contribution < 1.29 is 0 Å². The van der Waals surface area contributed by atoms with Crippen molar-refractivity contribution >= 4 is 11.0 Å². The third-order valence-electron chi connectivity index (χ3n) is 3.84. The summed E-state index contributed by atoms with van der Waals surface area (Å²) in [6.07, 6.45) is 4.28. The van der Waals surface area contributed by atoms with Gasteiger partial charge in [0, 0.05) is 23.7 Å². The average molecular weight is 290 g/mol. The van der Waals surface area contributed by atoms with E-state index in [9.17, 15) is 4.79 Å². The number of pyridine rings is 2. The Morgan fingerprint density at radius 3 is 2.77 bits per heavy atom. The second kappa shape index (κ2) is 5.98. The number of fused-ring (bicyclic) bond motifs is 1. The molecule has 110 valence electrons. The Morgan fingerprint density at radius 1 is 1.18 bits per heavy atom. The van der Waals surface area contributed by atoms with Crippen molar-refractivity contribution in [3.05, 3.63) is 77.2 Å². The first-order chi connectivity index (χ1) is 10.7. The number of allylic oxidation sites excluding steroid dienone is 1. The summed E-state index contributed by atoms with van der Waals surface area (Å²) in [7, 11) is 0. The van der Waals surface area contributed by atoms with Crippen LogP contribution in [0.2, 0.25) is 0 Å². The van der Waals surface area contributed by atoms with Gasteiger partial charge in [0.15, 0.2) is 0 Å². The van der Waals surface area contributed by atoms with Gasteiger partial charge in [-0.1, -0.05) is 30.3 Å². The minimum atomic E-state index is 0.00218. The fraction of sp³-hybridized carbons (Fsp3) is 0.158. The van der Waals surface area contributed by atoms with Gasteiger partial charge in [-0.25, -0.2) is 4.98 Å². The molecule has 0 radical (unpaired) electrons. The van der Waals surface area contributed by atoms with Crippen molar-refractivity contribution in [2.45, 2.75) is 19.9 Å². The number of hydrogen-bond acceptors (Lipinski definition) is 2. The van der Waals surface area contributed by atoms with Crippen LogP contribution in [0.4, 0.5) is 0 Å². The quantitative estimate of drug-likeness (QED) is 0.682. The van der Waals surface area contributed by atoms with Crippen LogP contribution in [0.3, 0.4) is 0 Å². The standard InChI is InChI=1S/C19H18N2O/c1-3-4-12-21-18-15(9-7-11-20-18)13-17(19(21)22)16-10-6-5-8-14(16)2/h3,5-11,13H,1,4,12H2,2H3. The summed E-state index contributed by atoms with van der Waals surface area (Å²) in [5, 5.41) is 0.976. The van der Waals surface area contributed by atoms with Crippen LogP contribution < -0.4 is 5.56 Å².